The number of hydrogen-bond acceptors (Lipinski definition) is 2. The molecule has 2 aromatic carbocycles. The topological polar surface area (TPSA) is 74.6 Å². The van der Waals surface area contributed by atoms with Crippen LogP contribution < -0.4 is 0 Å². The Bertz CT molecular complexity index is 521. The van der Waals surface area contributed by atoms with Crippen molar-refractivity contribution in [2.45, 2.75) is 13.8 Å². The van der Waals surface area contributed by atoms with Crippen LogP contribution in [0, 0.1) is 13.8 Å². The summed E-state index contributed by atoms with van der Waals surface area (Å²) in [6.07, 6.45) is 0. The fraction of sp³-hybridized carbons (Fsp3) is 0.154. The van der Waals surface area contributed by atoms with Crippen molar-refractivity contribution in [1.82, 2.24) is 0 Å². The Balaban J connectivity index is 0.000000415. The first-order valence-corrected chi connectivity index (χ1v) is 6.27. The van der Waals surface area contributed by atoms with E-state index < -0.39 is 8.25 Å². The molecule has 0 fully saturated rings. The van der Waals surface area contributed by atoms with Crippen LogP contribution in [0.2, 0.25) is 0 Å². The standard InChI is InChI=1S/C12H12.CH2O.HO3P/c1-9-7-8-11-5-3-4-6-12(11)10(9)2;1-2;1-4(2)3/h3-8H,1-2H3;1H2;(H-,1,2,3)/p+1. The molecular formula is C13H16O4P+. The highest BCUT2D eigenvalue weighted by molar-refractivity contribution is 7.30. The second kappa shape index (κ2) is 8.48. The summed E-state index contributed by atoms with van der Waals surface area (Å²) < 4.78 is 8.70. The van der Waals surface area contributed by atoms with Gasteiger partial charge in [-0.25, -0.2) is 0 Å². The number of aryl methyl sites for hydroxylation is 2. The minimum absolute atomic E-state index is 1.33. The highest BCUT2D eigenvalue weighted by atomic mass is 31.1. The number of carbonyl (C=O) groups excluding carboxylic acids is 1. The van der Waals surface area contributed by atoms with Gasteiger partial charge in [0.2, 0.25) is 0 Å². The third kappa shape index (κ3) is 5.15. The van der Waals surface area contributed by atoms with E-state index in [1.165, 1.54) is 21.9 Å². The Morgan fingerprint density at radius 2 is 1.50 bits per heavy atom. The fourth-order valence-electron chi connectivity index (χ4n) is 1.54. The van der Waals surface area contributed by atoms with E-state index in [1.807, 2.05) is 6.79 Å². The van der Waals surface area contributed by atoms with Crippen LogP contribution in [0.4, 0.5) is 0 Å². The second-order valence-corrected chi connectivity index (χ2v) is 3.99. The number of rotatable bonds is 0. The van der Waals surface area contributed by atoms with E-state index in [4.69, 9.17) is 19.1 Å². The van der Waals surface area contributed by atoms with Crippen molar-refractivity contribution in [3.8, 4) is 0 Å². The molecule has 0 aliphatic heterocycles. The maximum atomic E-state index is 8.70. The Kier molecular flexibility index (Phi) is 7.72. The minimum atomic E-state index is -2.87. The van der Waals surface area contributed by atoms with E-state index in [9.17, 15) is 0 Å². The quantitative estimate of drug-likeness (QED) is 0.720. The van der Waals surface area contributed by atoms with E-state index in [0.29, 0.717) is 0 Å². The first-order chi connectivity index (χ1) is 8.52. The molecule has 4 nitrogen and oxygen atoms in total. The maximum Gasteiger partial charge on any atom is 0.692 e. The summed E-state index contributed by atoms with van der Waals surface area (Å²) >= 11 is 0. The number of benzene rings is 2. The third-order valence-electron chi connectivity index (χ3n) is 2.47. The van der Waals surface area contributed by atoms with Crippen LogP contribution in [0.25, 0.3) is 10.8 Å². The van der Waals surface area contributed by atoms with Gasteiger partial charge in [-0.15, -0.1) is 9.79 Å². The zero-order valence-electron chi connectivity index (χ0n) is 10.3. The molecule has 0 heterocycles. The largest absolute Gasteiger partial charge is 0.692 e. The smallest absolute Gasteiger partial charge is 0.307 e. The first-order valence-electron chi connectivity index (χ1n) is 5.11. The summed E-state index contributed by atoms with van der Waals surface area (Å²) in [5, 5.41) is 2.71. The molecule has 2 aromatic rings. The molecule has 0 aliphatic rings. The molecule has 0 aromatic heterocycles. The van der Waals surface area contributed by atoms with Crippen LogP contribution in [0.1, 0.15) is 11.1 Å². The molecule has 0 amide bonds. The SMILES string of the molecule is C=O.Cc1ccc2ccccc2c1C.O=[P+](O)O. The number of fused-ring (bicyclic) bond motifs is 1. The summed E-state index contributed by atoms with van der Waals surface area (Å²) in [6.45, 7) is 6.33. The van der Waals surface area contributed by atoms with Gasteiger partial charge >= 0.3 is 8.25 Å². The van der Waals surface area contributed by atoms with Crippen molar-refractivity contribution >= 4 is 25.8 Å². The molecule has 0 bridgehead atoms. The van der Waals surface area contributed by atoms with Gasteiger partial charge in [-0.2, -0.15) is 0 Å². The summed E-state index contributed by atoms with van der Waals surface area (Å²) in [6, 6.07) is 12.9. The van der Waals surface area contributed by atoms with E-state index in [2.05, 4.69) is 50.2 Å². The van der Waals surface area contributed by atoms with E-state index in [0.717, 1.165) is 0 Å². The lowest BCUT2D eigenvalue weighted by molar-refractivity contribution is -0.0979. The Labute approximate surface area is 107 Å². The average Bonchev–Trinajstić information content (AvgIpc) is 2.36. The molecule has 96 valence electrons. The van der Waals surface area contributed by atoms with Gasteiger partial charge in [0.25, 0.3) is 0 Å². The summed E-state index contributed by atoms with van der Waals surface area (Å²) in [4.78, 5) is 22.2. The van der Waals surface area contributed by atoms with E-state index >= 15 is 0 Å². The first kappa shape index (κ1) is 16.4. The molecule has 2 N–H and O–H groups in total. The van der Waals surface area contributed by atoms with Crippen LogP contribution in [-0.2, 0) is 9.36 Å². The normalized spacial score (nSPS) is 8.67. The highest BCUT2D eigenvalue weighted by Crippen LogP contribution is 2.20. The lowest BCUT2D eigenvalue weighted by atomic mass is 10.0. The predicted molar refractivity (Wildman–Crippen MR) is 72.6 cm³/mol. The minimum Gasteiger partial charge on any atom is -0.307 e. The fourth-order valence-corrected chi connectivity index (χ4v) is 1.54. The van der Waals surface area contributed by atoms with Crippen molar-refractivity contribution in [1.29, 1.82) is 0 Å². The molecule has 0 atom stereocenters. The van der Waals surface area contributed by atoms with E-state index in [1.54, 1.807) is 0 Å². The van der Waals surface area contributed by atoms with Crippen molar-refractivity contribution in [3.63, 3.8) is 0 Å². The van der Waals surface area contributed by atoms with Gasteiger partial charge in [0.05, 0.1) is 0 Å². The lowest BCUT2D eigenvalue weighted by Gasteiger charge is -2.04. The summed E-state index contributed by atoms with van der Waals surface area (Å²) in [5.41, 5.74) is 2.77. The Hall–Kier alpha value is -1.61. The van der Waals surface area contributed by atoms with Gasteiger partial charge in [0.1, 0.15) is 6.79 Å². The van der Waals surface area contributed by atoms with E-state index in [-0.39, 0.29) is 0 Å². The molecule has 0 aliphatic carbocycles. The number of hydrogen-bond donors (Lipinski definition) is 2. The molecule has 18 heavy (non-hydrogen) atoms. The third-order valence-corrected chi connectivity index (χ3v) is 2.47. The van der Waals surface area contributed by atoms with Gasteiger partial charge in [0, 0.05) is 4.57 Å². The monoisotopic (exact) mass is 267 g/mol. The molecular weight excluding hydrogens is 251 g/mol. The average molecular weight is 267 g/mol. The van der Waals surface area contributed by atoms with Crippen molar-refractivity contribution in [3.05, 3.63) is 47.5 Å². The van der Waals surface area contributed by atoms with Gasteiger partial charge in [-0.1, -0.05) is 36.4 Å². The summed E-state index contributed by atoms with van der Waals surface area (Å²) in [7, 11) is -2.87. The Morgan fingerprint density at radius 1 is 1.00 bits per heavy atom. The van der Waals surface area contributed by atoms with Crippen LogP contribution in [0.15, 0.2) is 36.4 Å². The molecule has 5 heteroatoms. The predicted octanol–water partition coefficient (Wildman–Crippen LogP) is 2.90. The van der Waals surface area contributed by atoms with Crippen molar-refractivity contribution in [2.75, 3.05) is 0 Å². The van der Waals surface area contributed by atoms with Crippen LogP contribution in [0.5, 0.6) is 0 Å². The Morgan fingerprint density at radius 3 is 2.06 bits per heavy atom. The van der Waals surface area contributed by atoms with Crippen LogP contribution in [-0.4, -0.2) is 16.6 Å². The van der Waals surface area contributed by atoms with Gasteiger partial charge in [-0.3, -0.25) is 0 Å². The summed E-state index contributed by atoms with van der Waals surface area (Å²) in [5.74, 6) is 0. The molecule has 0 saturated carbocycles. The zero-order chi connectivity index (χ0) is 14.1. The molecule has 0 spiro atoms. The molecule has 2 rings (SSSR count). The lowest BCUT2D eigenvalue weighted by Crippen LogP contribution is -1.82. The van der Waals surface area contributed by atoms with Gasteiger partial charge in [0.15, 0.2) is 0 Å². The van der Waals surface area contributed by atoms with Gasteiger partial charge < -0.3 is 4.79 Å². The second-order valence-electron chi connectivity index (χ2n) is 3.48. The maximum absolute atomic E-state index is 8.70. The van der Waals surface area contributed by atoms with Crippen molar-refractivity contribution in [2.24, 2.45) is 0 Å². The molecule has 0 saturated heterocycles. The molecule has 0 unspecified atom stereocenters. The molecule has 0 radical (unpaired) electrons. The number of carbonyl (C=O) groups is 1. The van der Waals surface area contributed by atoms with Crippen LogP contribution >= 0.6 is 8.25 Å². The van der Waals surface area contributed by atoms with Crippen molar-refractivity contribution < 1.29 is 19.1 Å². The van der Waals surface area contributed by atoms with Crippen LogP contribution in [0.3, 0.4) is 0 Å². The highest BCUT2D eigenvalue weighted by Gasteiger charge is 1.97. The zero-order valence-corrected chi connectivity index (χ0v) is 11.2. The van der Waals surface area contributed by atoms with Gasteiger partial charge in [-0.05, 0) is 35.7 Å².